The Bertz CT molecular complexity index is 1040. The summed E-state index contributed by atoms with van der Waals surface area (Å²) < 4.78 is 5.40. The number of pyridine rings is 1. The maximum atomic E-state index is 12.3. The van der Waals surface area contributed by atoms with Crippen LogP contribution in [0.2, 0.25) is 5.15 Å². The smallest absolute Gasteiger partial charge is 0.344 e. The van der Waals surface area contributed by atoms with E-state index < -0.39 is 0 Å². The summed E-state index contributed by atoms with van der Waals surface area (Å²) in [6, 6.07) is 14.7. The van der Waals surface area contributed by atoms with Crippen molar-refractivity contribution in [1.29, 1.82) is 0 Å². The zero-order valence-corrected chi connectivity index (χ0v) is 11.0. The first-order chi connectivity index (χ1) is 9.75. The van der Waals surface area contributed by atoms with Gasteiger partial charge in [-0.2, -0.15) is 0 Å². The first-order valence-electron chi connectivity index (χ1n) is 6.15. The summed E-state index contributed by atoms with van der Waals surface area (Å²) in [6.45, 7) is 0. The molecule has 0 radical (unpaired) electrons. The second-order valence-electron chi connectivity index (χ2n) is 4.56. The van der Waals surface area contributed by atoms with Crippen molar-refractivity contribution >= 4 is 44.2 Å². The molecule has 4 aromatic rings. The molecule has 0 aliphatic rings. The van der Waals surface area contributed by atoms with Crippen molar-refractivity contribution in [3.63, 3.8) is 0 Å². The van der Waals surface area contributed by atoms with Crippen LogP contribution in [0.5, 0.6) is 0 Å². The van der Waals surface area contributed by atoms with Crippen molar-refractivity contribution < 1.29 is 4.42 Å². The summed E-state index contributed by atoms with van der Waals surface area (Å²) in [6.07, 6.45) is 0. The molecule has 2 aromatic heterocycles. The van der Waals surface area contributed by atoms with Crippen LogP contribution >= 0.6 is 11.6 Å². The quantitative estimate of drug-likeness (QED) is 0.276. The Balaban J connectivity index is 2.44. The third-order valence-electron chi connectivity index (χ3n) is 3.41. The van der Waals surface area contributed by atoms with Crippen molar-refractivity contribution in [3.8, 4) is 0 Å². The average molecular weight is 282 g/mol. The number of fused-ring (bicyclic) bond motifs is 5. The molecule has 0 saturated carbocycles. The highest BCUT2D eigenvalue weighted by atomic mass is 35.5. The maximum absolute atomic E-state index is 12.3. The Kier molecular flexibility index (Phi) is 2.32. The Hall–Kier alpha value is -2.39. The molecule has 0 aliphatic heterocycles. The average Bonchev–Trinajstić information content (AvgIpc) is 2.47. The second-order valence-corrected chi connectivity index (χ2v) is 4.91. The molecule has 96 valence electrons. The number of hydrogen-bond acceptors (Lipinski definition) is 3. The number of benzene rings is 2. The Labute approximate surface area is 118 Å². The Morgan fingerprint density at radius 2 is 1.60 bits per heavy atom. The fourth-order valence-corrected chi connectivity index (χ4v) is 2.84. The second kappa shape index (κ2) is 4.05. The molecular formula is C16H8ClNO2. The van der Waals surface area contributed by atoms with Crippen molar-refractivity contribution in [3.05, 3.63) is 64.1 Å². The summed E-state index contributed by atoms with van der Waals surface area (Å²) in [5.41, 5.74) is 0.816. The fraction of sp³-hybridized carbons (Fsp3) is 0. The maximum Gasteiger partial charge on any atom is 0.344 e. The monoisotopic (exact) mass is 281 g/mol. The molecule has 0 saturated heterocycles. The lowest BCUT2D eigenvalue weighted by Crippen LogP contribution is -2.02. The van der Waals surface area contributed by atoms with Gasteiger partial charge >= 0.3 is 5.63 Å². The zero-order chi connectivity index (χ0) is 13.7. The zero-order valence-electron chi connectivity index (χ0n) is 10.3. The number of hydrogen-bond donors (Lipinski definition) is 0. The van der Waals surface area contributed by atoms with E-state index in [-0.39, 0.29) is 5.63 Å². The van der Waals surface area contributed by atoms with E-state index in [9.17, 15) is 4.79 Å². The third-order valence-corrected chi connectivity index (χ3v) is 3.68. The van der Waals surface area contributed by atoms with Crippen LogP contribution in [-0.4, -0.2) is 4.98 Å². The Morgan fingerprint density at radius 3 is 2.45 bits per heavy atom. The van der Waals surface area contributed by atoms with Crippen LogP contribution in [0.1, 0.15) is 0 Å². The van der Waals surface area contributed by atoms with Crippen LogP contribution in [0.3, 0.4) is 0 Å². The molecule has 4 rings (SSSR count). The van der Waals surface area contributed by atoms with Crippen LogP contribution in [0.15, 0.2) is 57.7 Å². The lowest BCUT2D eigenvalue weighted by molar-refractivity contribution is 0.570. The van der Waals surface area contributed by atoms with Crippen molar-refractivity contribution in [2.75, 3.05) is 0 Å². The number of rotatable bonds is 0. The van der Waals surface area contributed by atoms with Crippen molar-refractivity contribution in [1.82, 2.24) is 4.98 Å². The lowest BCUT2D eigenvalue weighted by atomic mass is 10.1. The van der Waals surface area contributed by atoms with Gasteiger partial charge in [-0.15, -0.1) is 0 Å². The highest BCUT2D eigenvalue weighted by Gasteiger charge is 2.14. The van der Waals surface area contributed by atoms with E-state index in [0.29, 0.717) is 27.0 Å². The van der Waals surface area contributed by atoms with Gasteiger partial charge in [0.25, 0.3) is 0 Å². The summed E-state index contributed by atoms with van der Waals surface area (Å²) >= 11 is 6.30. The van der Waals surface area contributed by atoms with Gasteiger partial charge in [0, 0.05) is 16.2 Å². The van der Waals surface area contributed by atoms with Gasteiger partial charge in [0.2, 0.25) is 0 Å². The van der Waals surface area contributed by atoms with Gasteiger partial charge in [-0.1, -0.05) is 48.0 Å². The molecule has 4 heteroatoms. The number of para-hydroxylation sites is 2. The van der Waals surface area contributed by atoms with E-state index in [1.807, 2.05) is 42.5 Å². The van der Waals surface area contributed by atoms with E-state index in [2.05, 4.69) is 4.98 Å². The first-order valence-corrected chi connectivity index (χ1v) is 6.53. The van der Waals surface area contributed by atoms with E-state index in [4.69, 9.17) is 16.0 Å². The van der Waals surface area contributed by atoms with Crippen LogP contribution in [0.25, 0.3) is 32.6 Å². The van der Waals surface area contributed by atoms with Crippen LogP contribution in [0, 0.1) is 0 Å². The third kappa shape index (κ3) is 1.47. The van der Waals surface area contributed by atoms with Crippen LogP contribution < -0.4 is 5.63 Å². The fourth-order valence-electron chi connectivity index (χ4n) is 2.55. The number of aromatic nitrogens is 1. The van der Waals surface area contributed by atoms with Gasteiger partial charge in [0.05, 0.1) is 10.9 Å². The SMILES string of the molecule is O=c1oc2ccccc2c2c(Cl)nc3ccccc3c12. The van der Waals surface area contributed by atoms with E-state index in [0.717, 1.165) is 10.8 Å². The van der Waals surface area contributed by atoms with Gasteiger partial charge in [-0.05, 0) is 12.1 Å². The topological polar surface area (TPSA) is 43.1 Å². The number of halogens is 1. The standard InChI is InChI=1S/C16H8ClNO2/c17-15-13-10-6-2-4-8-12(10)20-16(19)14(13)9-5-1-3-7-11(9)18-15/h1-8H. The largest absolute Gasteiger partial charge is 0.422 e. The normalized spacial score (nSPS) is 11.4. The molecule has 0 atom stereocenters. The van der Waals surface area contributed by atoms with Gasteiger partial charge < -0.3 is 4.42 Å². The van der Waals surface area contributed by atoms with Crippen LogP contribution in [0.4, 0.5) is 0 Å². The van der Waals surface area contributed by atoms with E-state index in [1.165, 1.54) is 0 Å². The minimum atomic E-state index is -0.390. The summed E-state index contributed by atoms with van der Waals surface area (Å²) in [5.74, 6) is 0. The van der Waals surface area contributed by atoms with Crippen molar-refractivity contribution in [2.24, 2.45) is 0 Å². The van der Waals surface area contributed by atoms with Gasteiger partial charge in [0.1, 0.15) is 10.7 Å². The molecular weight excluding hydrogens is 274 g/mol. The molecule has 0 N–H and O–H groups in total. The molecule has 0 unspecified atom stereocenters. The van der Waals surface area contributed by atoms with E-state index in [1.54, 1.807) is 6.07 Å². The molecule has 2 heterocycles. The predicted octanol–water partition coefficient (Wildman–Crippen LogP) is 4.15. The van der Waals surface area contributed by atoms with Crippen molar-refractivity contribution in [2.45, 2.75) is 0 Å². The number of nitrogens with zero attached hydrogens (tertiary/aromatic N) is 1. The first kappa shape index (κ1) is 11.4. The lowest BCUT2D eigenvalue weighted by Gasteiger charge is -2.06. The minimum Gasteiger partial charge on any atom is -0.422 e. The van der Waals surface area contributed by atoms with E-state index >= 15 is 0 Å². The summed E-state index contributed by atoms with van der Waals surface area (Å²) in [7, 11) is 0. The molecule has 0 spiro atoms. The minimum absolute atomic E-state index is 0.322. The molecule has 0 amide bonds. The predicted molar refractivity (Wildman–Crippen MR) is 80.3 cm³/mol. The molecule has 0 fully saturated rings. The van der Waals surface area contributed by atoms with Gasteiger partial charge in [0.15, 0.2) is 0 Å². The van der Waals surface area contributed by atoms with Crippen LogP contribution in [-0.2, 0) is 0 Å². The molecule has 2 aromatic carbocycles. The summed E-state index contributed by atoms with van der Waals surface area (Å²) in [4.78, 5) is 16.7. The molecule has 20 heavy (non-hydrogen) atoms. The van der Waals surface area contributed by atoms with Gasteiger partial charge in [-0.3, -0.25) is 0 Å². The summed E-state index contributed by atoms with van der Waals surface area (Å²) in [5, 5.41) is 3.01. The Morgan fingerprint density at radius 1 is 0.900 bits per heavy atom. The highest BCUT2D eigenvalue weighted by Crippen LogP contribution is 2.32. The molecule has 3 nitrogen and oxygen atoms in total. The molecule has 0 aliphatic carbocycles. The highest BCUT2D eigenvalue weighted by molar-refractivity contribution is 6.38. The van der Waals surface area contributed by atoms with Gasteiger partial charge in [-0.25, -0.2) is 9.78 Å². The molecule has 0 bridgehead atoms.